The number of carboxylic acid groups (broad SMARTS) is 1. The van der Waals surface area contributed by atoms with E-state index in [4.69, 9.17) is 5.11 Å². The Morgan fingerprint density at radius 2 is 1.93 bits per heavy atom. The van der Waals surface area contributed by atoms with Crippen molar-refractivity contribution in [1.29, 1.82) is 0 Å². The van der Waals surface area contributed by atoms with Crippen LogP contribution in [-0.4, -0.2) is 47.6 Å². The molecule has 0 radical (unpaired) electrons. The molecule has 0 rings (SSSR count). The second-order valence-corrected chi connectivity index (χ2v) is 3.67. The fourth-order valence-corrected chi connectivity index (χ4v) is 0.829. The normalized spacial score (nSPS) is 11.5. The van der Waals surface area contributed by atoms with Crippen LogP contribution < -0.4 is 5.32 Å². The Balaban J connectivity index is 4.26. The summed E-state index contributed by atoms with van der Waals surface area (Å²) in [7, 11) is 1.61. The quantitative estimate of drug-likeness (QED) is 0.654. The van der Waals surface area contributed by atoms with Gasteiger partial charge < -0.3 is 10.4 Å². The molecular formula is C9H18N2O3. The molecule has 82 valence electrons. The number of hydrogen-bond acceptors (Lipinski definition) is 3. The topological polar surface area (TPSA) is 69.6 Å². The lowest BCUT2D eigenvalue weighted by Crippen LogP contribution is -2.51. The first kappa shape index (κ1) is 12.9. The third-order valence-electron chi connectivity index (χ3n) is 2.23. The minimum absolute atomic E-state index is 0.0904. The van der Waals surface area contributed by atoms with E-state index in [9.17, 15) is 9.59 Å². The molecular weight excluding hydrogens is 184 g/mol. The Kier molecular flexibility index (Phi) is 4.56. The maximum Gasteiger partial charge on any atom is 0.323 e. The third kappa shape index (κ3) is 3.33. The minimum atomic E-state index is -1.02. The van der Waals surface area contributed by atoms with Crippen LogP contribution in [0.15, 0.2) is 0 Å². The van der Waals surface area contributed by atoms with E-state index in [1.165, 1.54) is 4.90 Å². The number of rotatable bonds is 5. The van der Waals surface area contributed by atoms with Gasteiger partial charge in [-0.3, -0.25) is 14.5 Å². The van der Waals surface area contributed by atoms with Gasteiger partial charge in [-0.05, 0) is 27.8 Å². The Hall–Kier alpha value is -1.10. The van der Waals surface area contributed by atoms with E-state index in [1.54, 1.807) is 20.9 Å². The zero-order valence-electron chi connectivity index (χ0n) is 9.13. The highest BCUT2D eigenvalue weighted by molar-refractivity contribution is 5.81. The van der Waals surface area contributed by atoms with Crippen LogP contribution in [0.25, 0.3) is 0 Å². The number of carbonyl (C=O) groups excluding carboxylic acids is 1. The highest BCUT2D eigenvalue weighted by Crippen LogP contribution is 2.11. The highest BCUT2D eigenvalue weighted by atomic mass is 16.4. The standard InChI is InChI=1S/C9H18N2O3/c1-5-10-7(12)6-11(4)9(2,3)8(13)14/h5-6H2,1-4H3,(H,10,12)(H,13,14). The summed E-state index contributed by atoms with van der Waals surface area (Å²) < 4.78 is 0. The van der Waals surface area contributed by atoms with Crippen molar-refractivity contribution >= 4 is 11.9 Å². The molecule has 0 aromatic heterocycles. The van der Waals surface area contributed by atoms with Crippen molar-refractivity contribution in [3.63, 3.8) is 0 Å². The average Bonchev–Trinajstić information content (AvgIpc) is 2.03. The molecule has 0 unspecified atom stereocenters. The average molecular weight is 202 g/mol. The fraction of sp³-hybridized carbons (Fsp3) is 0.778. The summed E-state index contributed by atoms with van der Waals surface area (Å²) in [5.41, 5.74) is -1.02. The predicted octanol–water partition coefficient (Wildman–Crippen LogP) is -0.0825. The van der Waals surface area contributed by atoms with Crippen molar-refractivity contribution in [2.75, 3.05) is 20.1 Å². The zero-order valence-corrected chi connectivity index (χ0v) is 9.13. The second-order valence-electron chi connectivity index (χ2n) is 3.67. The zero-order chi connectivity index (χ0) is 11.4. The first-order chi connectivity index (χ1) is 6.32. The fourth-order valence-electron chi connectivity index (χ4n) is 0.829. The van der Waals surface area contributed by atoms with Gasteiger partial charge in [-0.1, -0.05) is 0 Å². The van der Waals surface area contributed by atoms with Gasteiger partial charge >= 0.3 is 5.97 Å². The largest absolute Gasteiger partial charge is 0.480 e. The van der Waals surface area contributed by atoms with Crippen LogP contribution in [0.4, 0.5) is 0 Å². The number of amides is 1. The molecule has 0 saturated carbocycles. The molecule has 0 fully saturated rings. The molecule has 0 heterocycles. The van der Waals surface area contributed by atoms with E-state index in [2.05, 4.69) is 5.32 Å². The van der Waals surface area contributed by atoms with Crippen molar-refractivity contribution in [2.24, 2.45) is 0 Å². The molecule has 5 nitrogen and oxygen atoms in total. The Bertz CT molecular complexity index is 226. The Labute approximate surface area is 84.1 Å². The molecule has 0 bridgehead atoms. The third-order valence-corrected chi connectivity index (χ3v) is 2.23. The van der Waals surface area contributed by atoms with Gasteiger partial charge in [0.1, 0.15) is 5.54 Å². The van der Waals surface area contributed by atoms with E-state index in [-0.39, 0.29) is 12.5 Å². The number of carboxylic acids is 1. The molecule has 0 aromatic carbocycles. The predicted molar refractivity (Wildman–Crippen MR) is 53.0 cm³/mol. The van der Waals surface area contributed by atoms with Crippen molar-refractivity contribution < 1.29 is 14.7 Å². The number of carbonyl (C=O) groups is 2. The van der Waals surface area contributed by atoms with Gasteiger partial charge in [0.2, 0.25) is 5.91 Å². The van der Waals surface area contributed by atoms with Gasteiger partial charge in [0.25, 0.3) is 0 Å². The maximum atomic E-state index is 11.2. The lowest BCUT2D eigenvalue weighted by atomic mass is 10.0. The smallest absolute Gasteiger partial charge is 0.323 e. The lowest BCUT2D eigenvalue weighted by molar-refractivity contribution is -0.149. The van der Waals surface area contributed by atoms with Crippen LogP contribution in [0.3, 0.4) is 0 Å². The molecule has 0 spiro atoms. The lowest BCUT2D eigenvalue weighted by Gasteiger charge is -2.30. The van der Waals surface area contributed by atoms with Crippen molar-refractivity contribution in [3.05, 3.63) is 0 Å². The van der Waals surface area contributed by atoms with Crippen molar-refractivity contribution in [3.8, 4) is 0 Å². The van der Waals surface area contributed by atoms with Crippen molar-refractivity contribution in [1.82, 2.24) is 10.2 Å². The van der Waals surface area contributed by atoms with Gasteiger partial charge in [0.05, 0.1) is 6.54 Å². The van der Waals surface area contributed by atoms with E-state index >= 15 is 0 Å². The summed E-state index contributed by atoms with van der Waals surface area (Å²) >= 11 is 0. The molecule has 0 aliphatic heterocycles. The summed E-state index contributed by atoms with van der Waals surface area (Å²) in [6.45, 7) is 5.59. The summed E-state index contributed by atoms with van der Waals surface area (Å²) in [6.07, 6.45) is 0. The summed E-state index contributed by atoms with van der Waals surface area (Å²) in [5, 5.41) is 11.5. The second kappa shape index (κ2) is 4.95. The number of nitrogens with one attached hydrogen (secondary N) is 1. The Morgan fingerprint density at radius 3 is 2.29 bits per heavy atom. The number of aliphatic carboxylic acids is 1. The summed E-state index contributed by atoms with van der Waals surface area (Å²) in [6, 6.07) is 0. The van der Waals surface area contributed by atoms with Crippen molar-refractivity contribution in [2.45, 2.75) is 26.3 Å². The molecule has 1 amide bonds. The summed E-state index contributed by atoms with van der Waals surface area (Å²) in [4.78, 5) is 23.5. The van der Waals surface area contributed by atoms with Gasteiger partial charge in [-0.15, -0.1) is 0 Å². The van der Waals surface area contributed by atoms with Crippen LogP contribution in [-0.2, 0) is 9.59 Å². The molecule has 2 N–H and O–H groups in total. The monoisotopic (exact) mass is 202 g/mol. The van der Waals surface area contributed by atoms with E-state index in [1.807, 2.05) is 6.92 Å². The van der Waals surface area contributed by atoms with Crippen LogP contribution >= 0.6 is 0 Å². The number of nitrogens with zero attached hydrogens (tertiary/aromatic N) is 1. The summed E-state index contributed by atoms with van der Waals surface area (Å²) in [5.74, 6) is -1.10. The molecule has 0 aliphatic rings. The molecule has 0 aromatic rings. The maximum absolute atomic E-state index is 11.2. The van der Waals surface area contributed by atoms with Crippen LogP contribution in [0.2, 0.25) is 0 Å². The van der Waals surface area contributed by atoms with Crippen LogP contribution in [0.1, 0.15) is 20.8 Å². The van der Waals surface area contributed by atoms with Crippen LogP contribution in [0.5, 0.6) is 0 Å². The van der Waals surface area contributed by atoms with E-state index in [0.29, 0.717) is 6.54 Å². The number of hydrogen-bond donors (Lipinski definition) is 2. The Morgan fingerprint density at radius 1 is 1.43 bits per heavy atom. The van der Waals surface area contributed by atoms with Gasteiger partial charge in [0.15, 0.2) is 0 Å². The van der Waals surface area contributed by atoms with Gasteiger partial charge in [-0.2, -0.15) is 0 Å². The molecule has 0 saturated heterocycles. The van der Waals surface area contributed by atoms with E-state index < -0.39 is 11.5 Å². The first-order valence-electron chi connectivity index (χ1n) is 4.53. The minimum Gasteiger partial charge on any atom is -0.480 e. The van der Waals surface area contributed by atoms with Gasteiger partial charge in [-0.25, -0.2) is 0 Å². The SMILES string of the molecule is CCNC(=O)CN(C)C(C)(C)C(=O)O. The first-order valence-corrected chi connectivity index (χ1v) is 4.53. The van der Waals surface area contributed by atoms with E-state index in [0.717, 1.165) is 0 Å². The van der Waals surface area contributed by atoms with Gasteiger partial charge in [0, 0.05) is 6.54 Å². The molecule has 5 heteroatoms. The highest BCUT2D eigenvalue weighted by Gasteiger charge is 2.32. The molecule has 0 aliphatic carbocycles. The van der Waals surface area contributed by atoms with Crippen LogP contribution in [0, 0.1) is 0 Å². The number of likely N-dealkylation sites (N-methyl/N-ethyl adjacent to an activating group) is 2. The molecule has 14 heavy (non-hydrogen) atoms. The molecule has 0 atom stereocenters.